The molecule has 2 rings (SSSR count). The van der Waals surface area contributed by atoms with Gasteiger partial charge < -0.3 is 0 Å². The highest BCUT2D eigenvalue weighted by Gasteiger charge is 1.99. The highest BCUT2D eigenvalue weighted by atomic mass is 32.1. The Kier molecular flexibility index (Phi) is 3.70. The first-order valence-electron chi connectivity index (χ1n) is 5.16. The fourth-order valence-corrected chi connectivity index (χ4v) is 1.93. The summed E-state index contributed by atoms with van der Waals surface area (Å²) in [4.78, 5) is 4.18. The zero-order valence-corrected chi connectivity index (χ0v) is 10.5. The number of hydrogen-bond donors (Lipinski definition) is 1. The quantitative estimate of drug-likeness (QED) is 0.522. The summed E-state index contributed by atoms with van der Waals surface area (Å²) >= 11 is 1.46. The molecular formula is C13H10FN3S. The average Bonchev–Trinajstić information content (AvgIpc) is 2.75. The number of hydrazone groups is 1. The molecule has 90 valence electrons. The number of halogens is 1. The van der Waals surface area contributed by atoms with Gasteiger partial charge in [0.1, 0.15) is 5.82 Å². The van der Waals surface area contributed by atoms with Gasteiger partial charge in [0.15, 0.2) is 0 Å². The predicted octanol–water partition coefficient (Wildman–Crippen LogP) is 3.02. The molecule has 0 aliphatic rings. The maximum absolute atomic E-state index is 13.4. The molecule has 0 radical (unpaired) electrons. The van der Waals surface area contributed by atoms with E-state index in [9.17, 15) is 4.39 Å². The van der Waals surface area contributed by atoms with Crippen molar-refractivity contribution in [2.45, 2.75) is 6.92 Å². The molecule has 3 nitrogen and oxygen atoms in total. The van der Waals surface area contributed by atoms with Crippen LogP contribution in [0.4, 0.5) is 9.52 Å². The van der Waals surface area contributed by atoms with Gasteiger partial charge in [-0.05, 0) is 24.6 Å². The second-order valence-electron chi connectivity index (χ2n) is 3.55. The van der Waals surface area contributed by atoms with Crippen LogP contribution in [0.3, 0.4) is 0 Å². The Morgan fingerprint density at radius 2 is 2.39 bits per heavy atom. The van der Waals surface area contributed by atoms with E-state index in [1.54, 1.807) is 12.1 Å². The fraction of sp³-hybridized carbons (Fsp3) is 0.0769. The molecule has 0 spiro atoms. The summed E-state index contributed by atoms with van der Waals surface area (Å²) < 4.78 is 13.4. The minimum Gasteiger partial charge on any atom is -0.253 e. The van der Waals surface area contributed by atoms with Gasteiger partial charge in [-0.1, -0.05) is 12.0 Å². The van der Waals surface area contributed by atoms with Gasteiger partial charge in [-0.2, -0.15) is 5.10 Å². The molecule has 2 aromatic rings. The third-order valence-corrected chi connectivity index (χ3v) is 3.01. The first-order chi connectivity index (χ1) is 8.69. The summed E-state index contributed by atoms with van der Waals surface area (Å²) in [6.45, 7) is 1.90. The molecule has 1 heterocycles. The highest BCUT2D eigenvalue weighted by molar-refractivity contribution is 7.13. The molecule has 0 bridgehead atoms. The SMILES string of the molecule is C#Cc1ccc(C=NNc2nc(C)cs2)cc1F. The number of terminal acetylenes is 1. The Bertz CT molecular complexity index is 625. The molecule has 1 aromatic heterocycles. The molecule has 0 amide bonds. The van der Waals surface area contributed by atoms with E-state index >= 15 is 0 Å². The first-order valence-corrected chi connectivity index (χ1v) is 6.04. The standard InChI is InChI=1S/C13H10FN3S/c1-3-11-5-4-10(6-12(11)14)7-15-17-13-16-9(2)8-18-13/h1,4-8H,2H3,(H,16,17). The van der Waals surface area contributed by atoms with Crippen molar-refractivity contribution in [2.24, 2.45) is 5.10 Å². The molecule has 0 saturated heterocycles. The van der Waals surface area contributed by atoms with Crippen molar-refractivity contribution in [3.8, 4) is 12.3 Å². The topological polar surface area (TPSA) is 37.3 Å². The van der Waals surface area contributed by atoms with E-state index in [4.69, 9.17) is 6.42 Å². The van der Waals surface area contributed by atoms with Crippen molar-refractivity contribution in [1.82, 2.24) is 4.98 Å². The maximum Gasteiger partial charge on any atom is 0.203 e. The molecule has 0 aliphatic carbocycles. The van der Waals surface area contributed by atoms with E-state index in [2.05, 4.69) is 21.4 Å². The van der Waals surface area contributed by atoms with Crippen molar-refractivity contribution >= 4 is 22.7 Å². The summed E-state index contributed by atoms with van der Waals surface area (Å²) in [7, 11) is 0. The molecule has 0 fully saturated rings. The summed E-state index contributed by atoms with van der Waals surface area (Å²) in [6.07, 6.45) is 6.65. The van der Waals surface area contributed by atoms with E-state index in [0.717, 1.165) is 5.69 Å². The van der Waals surface area contributed by atoms with Crippen molar-refractivity contribution in [2.75, 3.05) is 5.43 Å². The van der Waals surface area contributed by atoms with Crippen LogP contribution < -0.4 is 5.43 Å². The number of hydrogen-bond acceptors (Lipinski definition) is 4. The van der Waals surface area contributed by atoms with Gasteiger partial charge in [-0.25, -0.2) is 9.37 Å². The number of aryl methyl sites for hydroxylation is 1. The number of aromatic nitrogens is 1. The van der Waals surface area contributed by atoms with Gasteiger partial charge in [0, 0.05) is 5.38 Å². The van der Waals surface area contributed by atoms with Crippen LogP contribution in [0.2, 0.25) is 0 Å². The Labute approximate surface area is 108 Å². The van der Waals surface area contributed by atoms with Gasteiger partial charge in [-0.3, -0.25) is 5.43 Å². The van der Waals surface area contributed by atoms with Crippen molar-refractivity contribution in [3.63, 3.8) is 0 Å². The second kappa shape index (κ2) is 5.43. The van der Waals surface area contributed by atoms with Crippen LogP contribution in [0.1, 0.15) is 16.8 Å². The van der Waals surface area contributed by atoms with Crippen molar-refractivity contribution in [1.29, 1.82) is 0 Å². The summed E-state index contributed by atoms with van der Waals surface area (Å²) in [5.74, 6) is 1.84. The molecule has 0 saturated carbocycles. The summed E-state index contributed by atoms with van der Waals surface area (Å²) in [5, 5.41) is 6.59. The Balaban J connectivity index is 2.05. The lowest BCUT2D eigenvalue weighted by Crippen LogP contribution is -1.92. The third kappa shape index (κ3) is 2.93. The predicted molar refractivity (Wildman–Crippen MR) is 72.4 cm³/mol. The second-order valence-corrected chi connectivity index (χ2v) is 4.41. The number of anilines is 1. The van der Waals surface area contributed by atoms with Crippen LogP contribution >= 0.6 is 11.3 Å². The Hall–Kier alpha value is -2.19. The Morgan fingerprint density at radius 1 is 1.56 bits per heavy atom. The van der Waals surface area contributed by atoms with Crippen molar-refractivity contribution in [3.05, 3.63) is 46.2 Å². The van der Waals surface area contributed by atoms with Gasteiger partial charge in [0.2, 0.25) is 5.13 Å². The third-order valence-electron chi connectivity index (χ3n) is 2.14. The zero-order valence-electron chi connectivity index (χ0n) is 9.64. The first kappa shape index (κ1) is 12.3. The van der Waals surface area contributed by atoms with Gasteiger partial charge in [0.05, 0.1) is 17.5 Å². The normalized spacial score (nSPS) is 10.5. The lowest BCUT2D eigenvalue weighted by atomic mass is 10.1. The van der Waals surface area contributed by atoms with E-state index in [-0.39, 0.29) is 5.56 Å². The van der Waals surface area contributed by atoms with Gasteiger partial charge in [0.25, 0.3) is 0 Å². The smallest absolute Gasteiger partial charge is 0.203 e. The summed E-state index contributed by atoms with van der Waals surface area (Å²) in [5.41, 5.74) is 4.59. The van der Waals surface area contributed by atoms with Gasteiger partial charge >= 0.3 is 0 Å². The van der Waals surface area contributed by atoms with Crippen LogP contribution in [0.5, 0.6) is 0 Å². The number of benzene rings is 1. The number of nitrogens with zero attached hydrogens (tertiary/aromatic N) is 2. The fourth-order valence-electron chi connectivity index (χ4n) is 1.30. The van der Waals surface area contributed by atoms with Crippen LogP contribution in [-0.4, -0.2) is 11.2 Å². The zero-order chi connectivity index (χ0) is 13.0. The lowest BCUT2D eigenvalue weighted by molar-refractivity contribution is 0.624. The van der Waals surface area contributed by atoms with Crippen LogP contribution in [-0.2, 0) is 0 Å². The molecular weight excluding hydrogens is 249 g/mol. The minimum absolute atomic E-state index is 0.246. The highest BCUT2D eigenvalue weighted by Crippen LogP contribution is 2.14. The monoisotopic (exact) mass is 259 g/mol. The molecule has 0 unspecified atom stereocenters. The van der Waals surface area contributed by atoms with Crippen LogP contribution in [0.15, 0.2) is 28.7 Å². The molecule has 18 heavy (non-hydrogen) atoms. The maximum atomic E-state index is 13.4. The molecule has 0 atom stereocenters. The van der Waals surface area contributed by atoms with Crippen molar-refractivity contribution < 1.29 is 4.39 Å². The van der Waals surface area contributed by atoms with E-state index in [1.807, 2.05) is 12.3 Å². The van der Waals surface area contributed by atoms with E-state index in [0.29, 0.717) is 10.7 Å². The van der Waals surface area contributed by atoms with Crippen LogP contribution in [0.25, 0.3) is 0 Å². The molecule has 1 N–H and O–H groups in total. The number of nitrogens with one attached hydrogen (secondary N) is 1. The largest absolute Gasteiger partial charge is 0.253 e. The van der Waals surface area contributed by atoms with E-state index < -0.39 is 5.82 Å². The lowest BCUT2D eigenvalue weighted by Gasteiger charge is -1.97. The van der Waals surface area contributed by atoms with Gasteiger partial charge in [-0.15, -0.1) is 17.8 Å². The summed E-state index contributed by atoms with van der Waals surface area (Å²) in [6, 6.07) is 4.59. The van der Waals surface area contributed by atoms with E-state index in [1.165, 1.54) is 23.6 Å². The number of thiazole rings is 1. The molecule has 5 heteroatoms. The minimum atomic E-state index is -0.424. The molecule has 0 aliphatic heterocycles. The molecule has 1 aromatic carbocycles. The average molecular weight is 259 g/mol. The Morgan fingerprint density at radius 3 is 3.00 bits per heavy atom. The number of rotatable bonds is 3. The van der Waals surface area contributed by atoms with Crippen LogP contribution in [0, 0.1) is 25.1 Å².